The van der Waals surface area contributed by atoms with Gasteiger partial charge in [0, 0.05) is 45.8 Å². The fourth-order valence-corrected chi connectivity index (χ4v) is 3.45. The molecule has 0 spiro atoms. The molecule has 2 rings (SSSR count). The summed E-state index contributed by atoms with van der Waals surface area (Å²) >= 11 is 1.88. The van der Waals surface area contributed by atoms with Crippen molar-refractivity contribution in [3.05, 3.63) is 45.2 Å². The molecule has 1 atom stereocenters. The lowest BCUT2D eigenvalue weighted by Crippen LogP contribution is -2.40. The molecule has 0 amide bonds. The van der Waals surface area contributed by atoms with Crippen molar-refractivity contribution in [2.24, 2.45) is 0 Å². The van der Waals surface area contributed by atoms with E-state index in [2.05, 4.69) is 4.98 Å². The van der Waals surface area contributed by atoms with Crippen LogP contribution >= 0.6 is 22.6 Å². The molecule has 0 aliphatic heterocycles. The van der Waals surface area contributed by atoms with Gasteiger partial charge in [-0.1, -0.05) is 0 Å². The van der Waals surface area contributed by atoms with Crippen molar-refractivity contribution in [1.82, 2.24) is 0 Å². The topological polar surface area (TPSA) is 114 Å². The smallest absolute Gasteiger partial charge is 0.386 e. The Balaban J connectivity index is 2.47. The van der Waals surface area contributed by atoms with E-state index < -0.39 is 32.8 Å². The van der Waals surface area contributed by atoms with Gasteiger partial charge in [-0.05, 0) is 53.7 Å². The summed E-state index contributed by atoms with van der Waals surface area (Å²) in [7, 11) is 0. The summed E-state index contributed by atoms with van der Waals surface area (Å²) in [5.74, 6) is -1.05. The van der Waals surface area contributed by atoms with Gasteiger partial charge in [-0.25, -0.2) is 4.79 Å². The van der Waals surface area contributed by atoms with Gasteiger partial charge in [0.15, 0.2) is 0 Å². The second kappa shape index (κ2) is 9.85. The van der Waals surface area contributed by atoms with E-state index in [0.29, 0.717) is 16.6 Å². The van der Waals surface area contributed by atoms with Gasteiger partial charge in [0.1, 0.15) is 34.9 Å². The number of alkyl halides is 1. The number of halogens is 1. The number of hydrogen-bond donors (Lipinski definition) is 0. The van der Waals surface area contributed by atoms with Crippen molar-refractivity contribution >= 4 is 51.2 Å². The van der Waals surface area contributed by atoms with Crippen LogP contribution in [0.2, 0.25) is 0 Å². The van der Waals surface area contributed by atoms with E-state index in [1.165, 1.54) is 11.0 Å². The number of rotatable bonds is 6. The van der Waals surface area contributed by atoms with E-state index in [0.717, 1.165) is 0 Å². The first-order valence-corrected chi connectivity index (χ1v) is 11.2. The molecular formula is C22H27IN3O6+. The first-order valence-electron chi connectivity index (χ1n) is 9.93. The maximum atomic E-state index is 12.5. The van der Waals surface area contributed by atoms with Crippen molar-refractivity contribution in [3.8, 4) is 0 Å². The minimum atomic E-state index is -0.692. The van der Waals surface area contributed by atoms with Crippen LogP contribution in [0.3, 0.4) is 0 Å². The van der Waals surface area contributed by atoms with E-state index in [1.54, 1.807) is 59.7 Å². The monoisotopic (exact) mass is 556 g/mol. The molecule has 0 bridgehead atoms. The summed E-state index contributed by atoms with van der Waals surface area (Å²) < 4.78 is 15.4. The zero-order valence-electron chi connectivity index (χ0n) is 19.0. The zero-order chi connectivity index (χ0) is 24.3. The number of carbonyl (C=O) groups excluding carboxylic acids is 2. The molecule has 1 aromatic heterocycles. The van der Waals surface area contributed by atoms with Crippen LogP contribution in [0.1, 0.15) is 51.2 Å². The lowest BCUT2D eigenvalue weighted by Gasteiger charge is -2.27. The zero-order valence-corrected chi connectivity index (χ0v) is 21.1. The molecule has 1 aromatic carbocycles. The predicted octanol–water partition coefficient (Wildman–Crippen LogP) is 4.57. The molecule has 2 aromatic rings. The highest BCUT2D eigenvalue weighted by atomic mass is 127. The average Bonchev–Trinajstić information content (AvgIpc) is 2.62. The molecule has 0 saturated heterocycles. The first-order chi connectivity index (χ1) is 14.7. The Morgan fingerprint density at radius 2 is 1.59 bits per heavy atom. The van der Waals surface area contributed by atoms with Crippen LogP contribution in [0.4, 0.5) is 5.69 Å². The lowest BCUT2D eigenvalue weighted by molar-refractivity contribution is -0.154. The van der Waals surface area contributed by atoms with Crippen LogP contribution in [0.15, 0.2) is 33.5 Å². The van der Waals surface area contributed by atoms with Crippen LogP contribution in [-0.4, -0.2) is 36.2 Å². The highest BCUT2D eigenvalue weighted by molar-refractivity contribution is 14.1. The molecule has 172 valence electrons. The normalized spacial score (nSPS) is 12.7. The Morgan fingerprint density at radius 3 is 2.06 bits per heavy atom. The summed E-state index contributed by atoms with van der Waals surface area (Å²) in [6.45, 7) is 10.1. The van der Waals surface area contributed by atoms with Crippen LogP contribution in [-0.2, 0) is 19.1 Å². The number of ether oxygens (including phenoxy) is 2. The molecule has 1 unspecified atom stereocenters. The largest absolute Gasteiger partial charge is 0.459 e. The number of hydrogen-bond acceptors (Lipinski definition) is 8. The lowest BCUT2D eigenvalue weighted by atomic mass is 10.1. The van der Waals surface area contributed by atoms with Crippen molar-refractivity contribution in [1.29, 1.82) is 5.39 Å². The molecule has 10 heteroatoms. The summed E-state index contributed by atoms with van der Waals surface area (Å²) in [5.41, 5.74) is -0.821. The van der Waals surface area contributed by atoms with Gasteiger partial charge in [0.2, 0.25) is 5.39 Å². The summed E-state index contributed by atoms with van der Waals surface area (Å²) in [4.78, 5) is 41.7. The highest BCUT2D eigenvalue weighted by Gasteiger charge is 2.26. The van der Waals surface area contributed by atoms with Gasteiger partial charge in [0.05, 0.1) is 5.56 Å². The Morgan fingerprint density at radius 1 is 1.06 bits per heavy atom. The van der Waals surface area contributed by atoms with Gasteiger partial charge in [-0.3, -0.25) is 9.59 Å². The molecule has 0 radical (unpaired) electrons. The first kappa shape index (κ1) is 25.6. The predicted molar refractivity (Wildman–Crippen MR) is 128 cm³/mol. The third-order valence-electron chi connectivity index (χ3n) is 3.96. The van der Waals surface area contributed by atoms with Crippen LogP contribution < -0.4 is 10.5 Å². The molecule has 0 fully saturated rings. The standard InChI is InChI=1S/C22H27IN3O6/c1-21(2,3)31-18(28)11-26(12-19(29)32-22(4,5)6)13-7-8-14-15(20(23)25-24)10-17(27)30-16(14)9-13/h7-10,20H,11-12H2,1-6H3/q+1. The average molecular weight is 556 g/mol. The minimum absolute atomic E-state index is 0.215. The third kappa shape index (κ3) is 7.47. The number of nitrogens with zero attached hydrogens (tertiary/aromatic N) is 3. The number of anilines is 1. The van der Waals surface area contributed by atoms with Crippen molar-refractivity contribution < 1.29 is 23.5 Å². The fourth-order valence-electron chi connectivity index (χ4n) is 2.93. The number of carbonyl (C=O) groups is 2. The quantitative estimate of drug-likeness (QED) is 0.127. The van der Waals surface area contributed by atoms with Gasteiger partial charge < -0.3 is 18.8 Å². The van der Waals surface area contributed by atoms with Crippen LogP contribution in [0, 0.1) is 5.39 Å². The van der Waals surface area contributed by atoms with Crippen LogP contribution in [0.5, 0.6) is 0 Å². The Hall–Kier alpha value is -2.68. The fraction of sp³-hybridized carbons (Fsp3) is 0.500. The molecular weight excluding hydrogens is 529 g/mol. The van der Waals surface area contributed by atoms with E-state index in [4.69, 9.17) is 19.3 Å². The minimum Gasteiger partial charge on any atom is -0.459 e. The summed E-state index contributed by atoms with van der Waals surface area (Å²) in [5, 5.41) is 9.71. The second-order valence-corrected chi connectivity index (χ2v) is 10.4. The van der Waals surface area contributed by atoms with Crippen molar-refractivity contribution in [2.75, 3.05) is 18.0 Å². The molecule has 0 aliphatic carbocycles. The number of esters is 2. The molecule has 9 nitrogen and oxygen atoms in total. The van der Waals surface area contributed by atoms with Crippen molar-refractivity contribution in [2.45, 2.75) is 56.8 Å². The SMILES string of the molecule is CC(C)(C)OC(=O)CN(CC(=O)OC(C)(C)C)c1ccc2c(C(I)[N+]#N)cc(=O)oc2c1. The molecule has 1 heterocycles. The van der Waals surface area contributed by atoms with E-state index in [-0.39, 0.29) is 18.7 Å². The van der Waals surface area contributed by atoms with E-state index >= 15 is 0 Å². The van der Waals surface area contributed by atoms with Crippen LogP contribution in [0.25, 0.3) is 15.9 Å². The van der Waals surface area contributed by atoms with Crippen molar-refractivity contribution in [3.63, 3.8) is 0 Å². The maximum absolute atomic E-state index is 12.5. The number of diazo groups is 1. The van der Waals surface area contributed by atoms with E-state index in [1.807, 2.05) is 22.6 Å². The Kier molecular flexibility index (Phi) is 7.88. The highest BCUT2D eigenvalue weighted by Crippen LogP contribution is 2.32. The summed E-state index contributed by atoms with van der Waals surface area (Å²) in [6, 6.07) is 6.17. The molecule has 0 N–H and O–H groups in total. The maximum Gasteiger partial charge on any atom is 0.386 e. The Bertz CT molecular complexity index is 1080. The van der Waals surface area contributed by atoms with E-state index in [9.17, 15) is 14.4 Å². The summed E-state index contributed by atoms with van der Waals surface area (Å²) in [6.07, 6.45) is 0. The van der Waals surface area contributed by atoms with Gasteiger partial charge in [-0.2, -0.15) is 0 Å². The third-order valence-corrected chi connectivity index (χ3v) is 4.88. The Labute approximate surface area is 199 Å². The molecule has 0 aliphatic rings. The molecule has 0 saturated carbocycles. The number of fused-ring (bicyclic) bond motifs is 1. The molecule has 32 heavy (non-hydrogen) atoms. The number of benzene rings is 1. The van der Waals surface area contributed by atoms with Gasteiger partial charge >= 0.3 is 21.6 Å². The second-order valence-electron chi connectivity index (χ2n) is 9.18. The van der Waals surface area contributed by atoms with Gasteiger partial charge in [-0.15, -0.1) is 0 Å². The van der Waals surface area contributed by atoms with Gasteiger partial charge in [0.25, 0.3) is 0 Å².